The van der Waals surface area contributed by atoms with Gasteiger partial charge in [0.2, 0.25) is 11.8 Å². The van der Waals surface area contributed by atoms with Crippen molar-refractivity contribution in [3.05, 3.63) is 59.4 Å². The van der Waals surface area contributed by atoms with Crippen LogP contribution in [-0.4, -0.2) is 24.1 Å². The molecule has 0 heterocycles. The van der Waals surface area contributed by atoms with Crippen LogP contribution in [0.25, 0.3) is 0 Å². The average Bonchev–Trinajstić information content (AvgIpc) is 2.56. The number of rotatable bonds is 6. The lowest BCUT2D eigenvalue weighted by molar-refractivity contribution is -0.122. The van der Waals surface area contributed by atoms with Crippen molar-refractivity contribution in [3.63, 3.8) is 0 Å². The number of aryl methyl sites for hydroxylation is 1. The van der Waals surface area contributed by atoms with E-state index in [0.717, 1.165) is 21.7 Å². The summed E-state index contributed by atoms with van der Waals surface area (Å²) >= 11 is 1.29. The molecule has 4 nitrogen and oxygen atoms in total. The van der Waals surface area contributed by atoms with E-state index in [4.69, 9.17) is 0 Å². The van der Waals surface area contributed by atoms with E-state index in [0.29, 0.717) is 0 Å². The van der Waals surface area contributed by atoms with Gasteiger partial charge in [0.25, 0.3) is 0 Å². The molecular formula is C18H19FN2O2S. The van der Waals surface area contributed by atoms with Crippen molar-refractivity contribution in [1.82, 2.24) is 5.32 Å². The molecule has 0 spiro atoms. The Kier molecular flexibility index (Phi) is 6.37. The minimum absolute atomic E-state index is 0.0871. The largest absolute Gasteiger partial charge is 0.346 e. The Hall–Kier alpha value is -2.34. The zero-order valence-corrected chi connectivity index (χ0v) is 14.4. The van der Waals surface area contributed by atoms with E-state index < -0.39 is 0 Å². The van der Waals surface area contributed by atoms with Crippen LogP contribution in [0.15, 0.2) is 47.4 Å². The molecule has 0 aromatic heterocycles. The van der Waals surface area contributed by atoms with E-state index in [-0.39, 0.29) is 29.9 Å². The molecule has 2 N–H and O–H groups in total. The topological polar surface area (TPSA) is 58.2 Å². The highest BCUT2D eigenvalue weighted by Crippen LogP contribution is 2.18. The highest BCUT2D eigenvalue weighted by atomic mass is 32.2. The summed E-state index contributed by atoms with van der Waals surface area (Å²) in [5, 5.41) is 5.36. The third-order valence-corrected chi connectivity index (χ3v) is 4.52. The summed E-state index contributed by atoms with van der Waals surface area (Å²) in [5.41, 5.74) is 2.84. The predicted molar refractivity (Wildman–Crippen MR) is 94.7 cm³/mol. The summed E-state index contributed by atoms with van der Waals surface area (Å²) in [4.78, 5) is 24.5. The summed E-state index contributed by atoms with van der Waals surface area (Å²) in [6.07, 6.45) is 0. The summed E-state index contributed by atoms with van der Waals surface area (Å²) in [6, 6.07) is 11.6. The second-order valence-electron chi connectivity index (χ2n) is 5.31. The van der Waals surface area contributed by atoms with Gasteiger partial charge in [0.15, 0.2) is 0 Å². The molecule has 0 bridgehead atoms. The van der Waals surface area contributed by atoms with Gasteiger partial charge in [0.05, 0.1) is 12.3 Å². The zero-order valence-electron chi connectivity index (χ0n) is 13.6. The summed E-state index contributed by atoms with van der Waals surface area (Å²) in [5.74, 6) is -0.668. The third kappa shape index (κ3) is 5.38. The molecule has 0 aliphatic rings. The van der Waals surface area contributed by atoms with Crippen molar-refractivity contribution < 1.29 is 14.0 Å². The zero-order chi connectivity index (χ0) is 17.5. The molecule has 0 radical (unpaired) electrons. The maximum absolute atomic E-state index is 12.8. The molecule has 0 saturated heterocycles. The van der Waals surface area contributed by atoms with Crippen molar-refractivity contribution in [3.8, 4) is 0 Å². The normalized spacial score (nSPS) is 10.3. The number of amides is 2. The van der Waals surface area contributed by atoms with E-state index in [1.54, 1.807) is 12.1 Å². The molecule has 0 aliphatic carbocycles. The standard InChI is InChI=1S/C18H19FN2O2S/c1-12-4-3-5-16(13(12)2)21-17(22)10-20-18(23)11-24-15-8-6-14(19)7-9-15/h3-9H,10-11H2,1-2H3,(H,20,23)(H,21,22). The molecular weight excluding hydrogens is 327 g/mol. The maximum atomic E-state index is 12.8. The SMILES string of the molecule is Cc1cccc(NC(=O)CNC(=O)CSc2ccc(F)cc2)c1C. The number of nitrogens with one attached hydrogen (secondary N) is 2. The van der Waals surface area contributed by atoms with Gasteiger partial charge < -0.3 is 10.6 Å². The van der Waals surface area contributed by atoms with Gasteiger partial charge in [-0.1, -0.05) is 12.1 Å². The first-order chi connectivity index (χ1) is 11.5. The van der Waals surface area contributed by atoms with Crippen molar-refractivity contribution in [2.24, 2.45) is 0 Å². The average molecular weight is 346 g/mol. The van der Waals surface area contributed by atoms with Gasteiger partial charge in [-0.05, 0) is 55.3 Å². The number of hydrogen-bond donors (Lipinski definition) is 2. The fourth-order valence-electron chi connectivity index (χ4n) is 1.99. The lowest BCUT2D eigenvalue weighted by Crippen LogP contribution is -2.34. The first-order valence-corrected chi connectivity index (χ1v) is 8.45. The van der Waals surface area contributed by atoms with Crippen LogP contribution in [0.4, 0.5) is 10.1 Å². The van der Waals surface area contributed by atoms with Crippen molar-refractivity contribution in [2.45, 2.75) is 18.7 Å². The minimum Gasteiger partial charge on any atom is -0.346 e. The number of carbonyl (C=O) groups excluding carboxylic acids is 2. The Morgan fingerprint density at radius 2 is 1.75 bits per heavy atom. The van der Waals surface area contributed by atoms with E-state index in [9.17, 15) is 14.0 Å². The number of carbonyl (C=O) groups is 2. The quantitative estimate of drug-likeness (QED) is 0.789. The van der Waals surface area contributed by atoms with Crippen LogP contribution < -0.4 is 10.6 Å². The first-order valence-electron chi connectivity index (χ1n) is 7.47. The molecule has 0 aliphatic heterocycles. The molecule has 0 saturated carbocycles. The fraction of sp³-hybridized carbons (Fsp3) is 0.222. The Bertz CT molecular complexity index is 732. The Morgan fingerprint density at radius 1 is 1.04 bits per heavy atom. The van der Waals surface area contributed by atoms with Crippen LogP contribution in [0.5, 0.6) is 0 Å². The number of halogens is 1. The van der Waals surface area contributed by atoms with E-state index in [2.05, 4.69) is 10.6 Å². The van der Waals surface area contributed by atoms with E-state index >= 15 is 0 Å². The molecule has 2 rings (SSSR count). The maximum Gasteiger partial charge on any atom is 0.243 e. The smallest absolute Gasteiger partial charge is 0.243 e. The van der Waals surface area contributed by atoms with Gasteiger partial charge in [-0.15, -0.1) is 11.8 Å². The Balaban J connectivity index is 1.75. The lowest BCUT2D eigenvalue weighted by Gasteiger charge is -2.11. The van der Waals surface area contributed by atoms with Crippen molar-refractivity contribution in [2.75, 3.05) is 17.6 Å². The summed E-state index contributed by atoms with van der Waals surface area (Å²) in [7, 11) is 0. The molecule has 2 aromatic carbocycles. The van der Waals surface area contributed by atoms with Gasteiger partial charge in [-0.2, -0.15) is 0 Å². The first kappa shape index (κ1) is 18.0. The second-order valence-corrected chi connectivity index (χ2v) is 6.36. The molecule has 0 atom stereocenters. The van der Waals surface area contributed by atoms with E-state index in [1.165, 1.54) is 23.9 Å². The molecule has 126 valence electrons. The number of benzene rings is 2. The van der Waals surface area contributed by atoms with Crippen LogP contribution in [-0.2, 0) is 9.59 Å². The van der Waals surface area contributed by atoms with Gasteiger partial charge >= 0.3 is 0 Å². The van der Waals surface area contributed by atoms with Gasteiger partial charge in [0.1, 0.15) is 5.82 Å². The Labute approximate surface area is 144 Å². The molecule has 2 amide bonds. The van der Waals surface area contributed by atoms with Crippen LogP contribution in [0.2, 0.25) is 0 Å². The van der Waals surface area contributed by atoms with Crippen molar-refractivity contribution >= 4 is 29.3 Å². The minimum atomic E-state index is -0.313. The monoisotopic (exact) mass is 346 g/mol. The van der Waals surface area contributed by atoms with Crippen molar-refractivity contribution in [1.29, 1.82) is 0 Å². The van der Waals surface area contributed by atoms with Crippen LogP contribution in [0, 0.1) is 19.7 Å². The predicted octanol–water partition coefficient (Wildman–Crippen LogP) is 3.29. The highest BCUT2D eigenvalue weighted by molar-refractivity contribution is 8.00. The molecule has 2 aromatic rings. The number of hydrogen-bond acceptors (Lipinski definition) is 3. The summed E-state index contributed by atoms with van der Waals surface area (Å²) < 4.78 is 12.8. The van der Waals surface area contributed by atoms with Gasteiger partial charge in [0, 0.05) is 10.6 Å². The Morgan fingerprint density at radius 3 is 2.46 bits per heavy atom. The van der Waals surface area contributed by atoms with Crippen LogP contribution in [0.1, 0.15) is 11.1 Å². The van der Waals surface area contributed by atoms with Crippen LogP contribution >= 0.6 is 11.8 Å². The second kappa shape index (κ2) is 8.49. The molecule has 0 unspecified atom stereocenters. The molecule has 0 fully saturated rings. The molecule has 24 heavy (non-hydrogen) atoms. The number of anilines is 1. The highest BCUT2D eigenvalue weighted by Gasteiger charge is 2.08. The molecule has 6 heteroatoms. The van der Waals surface area contributed by atoms with E-state index in [1.807, 2.05) is 32.0 Å². The lowest BCUT2D eigenvalue weighted by atomic mass is 10.1. The summed E-state index contributed by atoms with van der Waals surface area (Å²) in [6.45, 7) is 3.82. The third-order valence-electron chi connectivity index (χ3n) is 3.51. The number of thioether (sulfide) groups is 1. The van der Waals surface area contributed by atoms with Crippen LogP contribution in [0.3, 0.4) is 0 Å². The van der Waals surface area contributed by atoms with Gasteiger partial charge in [-0.3, -0.25) is 9.59 Å². The fourth-order valence-corrected chi connectivity index (χ4v) is 2.72. The van der Waals surface area contributed by atoms with Gasteiger partial charge in [-0.25, -0.2) is 4.39 Å².